The van der Waals surface area contributed by atoms with Gasteiger partial charge in [0.25, 0.3) is 15.9 Å². The van der Waals surface area contributed by atoms with Crippen molar-refractivity contribution in [2.75, 3.05) is 5.32 Å². The van der Waals surface area contributed by atoms with E-state index in [-0.39, 0.29) is 29.2 Å². The molecular formula is C21H30ClN5O7S. The number of nitrogens with two attached hydrogens (primary N) is 2. The van der Waals surface area contributed by atoms with Gasteiger partial charge in [0.05, 0.1) is 4.90 Å². The third kappa shape index (κ3) is 10.5. The van der Waals surface area contributed by atoms with Gasteiger partial charge in [-0.15, -0.1) is 14.6 Å². The van der Waals surface area contributed by atoms with Gasteiger partial charge < -0.3 is 16.8 Å². The molecule has 2 rings (SSSR count). The number of pyridine rings is 1. The van der Waals surface area contributed by atoms with Crippen molar-refractivity contribution in [3.63, 3.8) is 0 Å². The predicted octanol–water partition coefficient (Wildman–Crippen LogP) is -2.63. The van der Waals surface area contributed by atoms with Gasteiger partial charge in [0.2, 0.25) is 12.5 Å². The molecular weight excluding hydrogens is 502 g/mol. The van der Waals surface area contributed by atoms with E-state index in [9.17, 15) is 13.2 Å². The third-order valence-electron chi connectivity index (χ3n) is 4.52. The van der Waals surface area contributed by atoms with Crippen molar-refractivity contribution in [2.45, 2.75) is 57.9 Å². The summed E-state index contributed by atoms with van der Waals surface area (Å²) >= 11 is 0. The number of halogens is 1. The fourth-order valence-corrected chi connectivity index (χ4v) is 4.06. The Morgan fingerprint density at radius 3 is 1.80 bits per heavy atom. The Labute approximate surface area is 206 Å². The van der Waals surface area contributed by atoms with Crippen LogP contribution in [0.1, 0.15) is 56.5 Å². The van der Waals surface area contributed by atoms with E-state index in [1.165, 1.54) is 24.3 Å². The topological polar surface area (TPSA) is 224 Å². The molecule has 0 fully saturated rings. The zero-order valence-electron chi connectivity index (χ0n) is 20.0. The molecule has 0 aliphatic rings. The lowest BCUT2D eigenvalue weighted by molar-refractivity contribution is -2.00. The second kappa shape index (κ2) is 12.2. The molecule has 194 valence electrons. The van der Waals surface area contributed by atoms with Gasteiger partial charge in [-0.2, -0.15) is 13.0 Å². The first kappa shape index (κ1) is 30.2. The van der Waals surface area contributed by atoms with Crippen LogP contribution in [-0.4, -0.2) is 20.3 Å². The van der Waals surface area contributed by atoms with Crippen molar-refractivity contribution in [3.8, 4) is 0 Å². The summed E-state index contributed by atoms with van der Waals surface area (Å²) in [5, 5.41) is 2.82. The lowest BCUT2D eigenvalue weighted by Gasteiger charge is -2.17. The summed E-state index contributed by atoms with van der Waals surface area (Å²) in [5.41, 5.74) is 14.1. The first-order chi connectivity index (χ1) is 15.9. The number of sulfonamides is 1. The number of hydrogen-bond acceptors (Lipinski definition) is 7. The van der Waals surface area contributed by atoms with Gasteiger partial charge in [-0.3, -0.25) is 4.79 Å². The molecule has 12 nitrogen and oxygen atoms in total. The molecule has 2 aromatic rings. The average molecular weight is 532 g/mol. The standard InChI is InChI=1S/C21H29N5O3S.ClHO4/c1-13(2)18-10-15(5)11-19(14(3)4)26(18)12-20(27)24-16-6-8-17(9-7-16)30(28,29)25-21(22)23;2-1(3,4)5/h6-11,13-14H,12H2,1-5H3,(H4-,22,23,24,25,27);(H,2,3,4,5). The lowest BCUT2D eigenvalue weighted by Crippen LogP contribution is -2.68. The molecule has 0 unspecified atom stereocenters. The maximum atomic E-state index is 12.7. The molecule has 0 saturated heterocycles. The Morgan fingerprint density at radius 2 is 1.43 bits per heavy atom. The first-order valence-corrected chi connectivity index (χ1v) is 13.0. The molecule has 1 aromatic carbocycles. The highest BCUT2D eigenvalue weighted by atomic mass is 35.7. The van der Waals surface area contributed by atoms with Crippen LogP contribution >= 0.6 is 0 Å². The molecule has 0 radical (unpaired) electrons. The summed E-state index contributed by atoms with van der Waals surface area (Å²) < 4.78 is 63.3. The SMILES string of the molecule is Cc1cc(C(C)C)[n+](CC(=O)Nc2ccc(S(=O)(=O)N=C(N)N)cc2)c(C(C)C)c1.[O-][Cl+3]([O-])([O-])[O-]. The van der Waals surface area contributed by atoms with E-state index in [2.05, 4.69) is 61.0 Å². The van der Waals surface area contributed by atoms with Crippen LogP contribution in [0.4, 0.5) is 5.69 Å². The maximum Gasteiger partial charge on any atom is 0.290 e. The summed E-state index contributed by atoms with van der Waals surface area (Å²) in [6.45, 7) is 10.6. The van der Waals surface area contributed by atoms with Crippen molar-refractivity contribution >= 4 is 27.6 Å². The minimum atomic E-state index is -4.94. The van der Waals surface area contributed by atoms with Gasteiger partial charge in [0, 0.05) is 29.7 Å². The van der Waals surface area contributed by atoms with E-state index in [0.29, 0.717) is 5.69 Å². The number of benzene rings is 1. The van der Waals surface area contributed by atoms with Gasteiger partial charge in [0.15, 0.2) is 11.4 Å². The van der Waals surface area contributed by atoms with Crippen LogP contribution in [0.15, 0.2) is 45.7 Å². The fourth-order valence-electron chi connectivity index (χ4n) is 3.20. The maximum absolute atomic E-state index is 12.7. The van der Waals surface area contributed by atoms with E-state index in [1.807, 2.05) is 0 Å². The molecule has 1 amide bonds. The number of carbonyl (C=O) groups excluding carboxylic acids is 1. The first-order valence-electron chi connectivity index (χ1n) is 10.3. The number of rotatable bonds is 7. The number of aromatic nitrogens is 1. The second-order valence-electron chi connectivity index (χ2n) is 8.22. The Balaban J connectivity index is 0.00000111. The van der Waals surface area contributed by atoms with Crippen molar-refractivity contribution in [3.05, 3.63) is 53.3 Å². The van der Waals surface area contributed by atoms with Gasteiger partial charge >= 0.3 is 0 Å². The van der Waals surface area contributed by atoms with Gasteiger partial charge in [-0.25, -0.2) is 18.6 Å². The van der Waals surface area contributed by atoms with E-state index in [1.54, 1.807) is 0 Å². The number of amides is 1. The van der Waals surface area contributed by atoms with Crippen molar-refractivity contribution in [1.29, 1.82) is 0 Å². The van der Waals surface area contributed by atoms with E-state index in [0.717, 1.165) is 17.0 Å². The number of nitrogens with zero attached hydrogens (tertiary/aromatic N) is 2. The van der Waals surface area contributed by atoms with E-state index >= 15 is 0 Å². The van der Waals surface area contributed by atoms with Crippen LogP contribution < -0.4 is 40.0 Å². The monoisotopic (exact) mass is 531 g/mol. The van der Waals surface area contributed by atoms with Crippen LogP contribution in [-0.2, 0) is 21.4 Å². The molecule has 0 aliphatic heterocycles. The Hall–Kier alpha value is -2.81. The number of hydrogen-bond donors (Lipinski definition) is 3. The van der Waals surface area contributed by atoms with Crippen LogP contribution in [0.2, 0.25) is 0 Å². The Bertz CT molecular complexity index is 1120. The fraction of sp³-hybridized carbons (Fsp3) is 0.381. The van der Waals surface area contributed by atoms with E-state index < -0.39 is 26.2 Å². The van der Waals surface area contributed by atoms with Crippen LogP contribution in [0, 0.1) is 17.2 Å². The van der Waals surface area contributed by atoms with Crippen LogP contribution in [0.25, 0.3) is 0 Å². The molecule has 0 bridgehead atoms. The Kier molecular flexibility index (Phi) is 10.6. The largest absolute Gasteiger partial charge is 0.369 e. The number of guanidine groups is 1. The quantitative estimate of drug-likeness (QED) is 0.193. The van der Waals surface area contributed by atoms with Crippen molar-refractivity contribution < 1.29 is 46.7 Å². The minimum Gasteiger partial charge on any atom is -0.369 e. The summed E-state index contributed by atoms with van der Waals surface area (Å²) in [5.74, 6) is -0.220. The number of aryl methyl sites for hydroxylation is 1. The number of nitrogens with one attached hydrogen (secondary N) is 1. The molecule has 0 spiro atoms. The average Bonchev–Trinajstić information content (AvgIpc) is 2.66. The lowest BCUT2D eigenvalue weighted by atomic mass is 10.0. The highest BCUT2D eigenvalue weighted by molar-refractivity contribution is 7.90. The smallest absolute Gasteiger partial charge is 0.290 e. The molecule has 0 atom stereocenters. The summed E-state index contributed by atoms with van der Waals surface area (Å²) in [6, 6.07) is 9.89. The van der Waals surface area contributed by atoms with Crippen molar-refractivity contribution in [1.82, 2.24) is 0 Å². The summed E-state index contributed by atoms with van der Waals surface area (Å²) in [6.07, 6.45) is 0. The van der Waals surface area contributed by atoms with Gasteiger partial charge in [-0.05, 0) is 36.8 Å². The van der Waals surface area contributed by atoms with Gasteiger partial charge in [-0.1, -0.05) is 27.7 Å². The Morgan fingerprint density at radius 1 is 1.00 bits per heavy atom. The number of anilines is 1. The summed E-state index contributed by atoms with van der Waals surface area (Å²) in [4.78, 5) is 12.7. The molecule has 0 aliphatic carbocycles. The molecule has 35 heavy (non-hydrogen) atoms. The minimum absolute atomic E-state index is 0.0639. The summed E-state index contributed by atoms with van der Waals surface area (Å²) in [7, 11) is -8.91. The normalized spacial score (nSPS) is 11.6. The molecule has 0 saturated carbocycles. The highest BCUT2D eigenvalue weighted by Gasteiger charge is 2.25. The molecule has 5 N–H and O–H groups in total. The van der Waals surface area contributed by atoms with Crippen molar-refractivity contribution in [2.24, 2.45) is 15.9 Å². The predicted molar refractivity (Wildman–Crippen MR) is 118 cm³/mol. The highest BCUT2D eigenvalue weighted by Crippen LogP contribution is 2.19. The van der Waals surface area contributed by atoms with Crippen LogP contribution in [0.3, 0.4) is 0 Å². The third-order valence-corrected chi connectivity index (χ3v) is 5.84. The second-order valence-corrected chi connectivity index (χ2v) is 10.6. The number of carbonyl (C=O) groups is 1. The van der Waals surface area contributed by atoms with Gasteiger partial charge in [0.1, 0.15) is 0 Å². The van der Waals surface area contributed by atoms with Crippen LogP contribution in [0.5, 0.6) is 0 Å². The zero-order valence-corrected chi connectivity index (χ0v) is 21.6. The molecule has 1 heterocycles. The molecule has 14 heteroatoms. The van der Waals surface area contributed by atoms with E-state index in [4.69, 9.17) is 30.1 Å². The molecule has 1 aromatic heterocycles. The zero-order chi connectivity index (χ0) is 27.1.